The van der Waals surface area contributed by atoms with E-state index in [4.69, 9.17) is 23.2 Å². The first kappa shape index (κ1) is 19.4. The van der Waals surface area contributed by atoms with Crippen LogP contribution in [0.3, 0.4) is 0 Å². The van der Waals surface area contributed by atoms with Gasteiger partial charge in [-0.05, 0) is 42.8 Å². The molecule has 0 aliphatic carbocycles. The summed E-state index contributed by atoms with van der Waals surface area (Å²) < 4.78 is 14.0. The van der Waals surface area contributed by atoms with Crippen LogP contribution in [0, 0.1) is 5.82 Å². The number of rotatable bonds is 8. The number of benzene rings is 2. The van der Waals surface area contributed by atoms with Gasteiger partial charge in [-0.2, -0.15) is 0 Å². The molecule has 0 radical (unpaired) electrons. The fourth-order valence-corrected chi connectivity index (χ4v) is 2.53. The predicted molar refractivity (Wildman–Crippen MR) is 103 cm³/mol. The normalized spacial score (nSPS) is 11.4. The second-order valence-electron chi connectivity index (χ2n) is 5.54. The molecule has 0 atom stereocenters. The molecule has 0 amide bonds. The Morgan fingerprint density at radius 1 is 1.16 bits per heavy atom. The lowest BCUT2D eigenvalue weighted by atomic mass is 10.1. The molecule has 2 aromatic rings. The van der Waals surface area contributed by atoms with E-state index in [1.165, 1.54) is 12.1 Å². The Balaban J connectivity index is 2.22. The van der Waals surface area contributed by atoms with Crippen molar-refractivity contribution in [3.05, 3.63) is 58.3 Å². The van der Waals surface area contributed by atoms with Crippen molar-refractivity contribution in [3.8, 4) is 0 Å². The van der Waals surface area contributed by atoms with Gasteiger partial charge in [0.05, 0.1) is 12.2 Å². The second kappa shape index (κ2) is 9.54. The van der Waals surface area contributed by atoms with Crippen LogP contribution in [0.4, 0.5) is 15.8 Å². The number of hydrogen-bond donors (Lipinski definition) is 1. The van der Waals surface area contributed by atoms with Crippen molar-refractivity contribution in [1.82, 2.24) is 0 Å². The van der Waals surface area contributed by atoms with Crippen molar-refractivity contribution >= 4 is 46.1 Å². The summed E-state index contributed by atoms with van der Waals surface area (Å²) in [6, 6.07) is 11.3. The lowest BCUT2D eigenvalue weighted by molar-refractivity contribution is -0.113. The number of ketones is 1. The van der Waals surface area contributed by atoms with Crippen molar-refractivity contribution in [1.29, 1.82) is 0 Å². The molecule has 0 aromatic heterocycles. The fourth-order valence-electron chi connectivity index (χ4n) is 2.18. The molecule has 6 heteroatoms. The zero-order valence-corrected chi connectivity index (χ0v) is 15.4. The molecule has 0 saturated carbocycles. The summed E-state index contributed by atoms with van der Waals surface area (Å²) >= 11 is 11.7. The van der Waals surface area contributed by atoms with E-state index in [1.807, 2.05) is 13.0 Å². The molecular formula is C19H19Cl2FN2O. The van der Waals surface area contributed by atoms with Crippen LogP contribution in [0.25, 0.3) is 0 Å². The second-order valence-corrected chi connectivity index (χ2v) is 6.42. The Bertz CT molecular complexity index is 778. The average Bonchev–Trinajstić information content (AvgIpc) is 2.58. The third-order valence-electron chi connectivity index (χ3n) is 3.53. The number of aliphatic imine (C=N–C) groups is 1. The molecule has 0 bridgehead atoms. The topological polar surface area (TPSA) is 41.5 Å². The fraction of sp³-hybridized carbons (Fsp3) is 0.263. The number of nitrogens with zero attached hydrogens (tertiary/aromatic N) is 1. The van der Waals surface area contributed by atoms with Gasteiger partial charge in [-0.25, -0.2) is 9.38 Å². The molecule has 2 rings (SSSR count). The molecular weight excluding hydrogens is 362 g/mol. The van der Waals surface area contributed by atoms with E-state index >= 15 is 0 Å². The number of nitrogens with one attached hydrogen (secondary N) is 1. The summed E-state index contributed by atoms with van der Waals surface area (Å²) in [6.45, 7) is 2.19. The van der Waals surface area contributed by atoms with E-state index in [9.17, 15) is 9.18 Å². The van der Waals surface area contributed by atoms with Crippen LogP contribution in [0.2, 0.25) is 10.0 Å². The van der Waals surface area contributed by atoms with Gasteiger partial charge in [0, 0.05) is 22.2 Å². The van der Waals surface area contributed by atoms with Gasteiger partial charge in [-0.15, -0.1) is 0 Å². The highest BCUT2D eigenvalue weighted by atomic mass is 35.5. The van der Waals surface area contributed by atoms with Crippen LogP contribution < -0.4 is 5.32 Å². The molecule has 0 fully saturated rings. The SMILES string of the molecule is CCCCC(=O)C(CNc1cccc(Cl)c1)=Nc1ccc(Cl)cc1F. The van der Waals surface area contributed by atoms with Crippen molar-refractivity contribution in [2.75, 3.05) is 11.9 Å². The number of anilines is 1. The Labute approximate surface area is 156 Å². The average molecular weight is 381 g/mol. The standard InChI is InChI=1S/C19H19Cl2FN2O/c1-2-3-7-19(25)18(12-23-15-6-4-5-13(20)10-15)24-17-9-8-14(21)11-16(17)22/h4-6,8-11,23H,2-3,7,12H2,1H3. The minimum atomic E-state index is -0.559. The van der Waals surface area contributed by atoms with E-state index in [1.54, 1.807) is 24.3 Å². The first-order valence-electron chi connectivity index (χ1n) is 8.05. The zero-order valence-electron chi connectivity index (χ0n) is 13.9. The number of Topliss-reactive ketones (excluding diaryl/α,β-unsaturated/α-hetero) is 1. The number of carbonyl (C=O) groups excluding carboxylic acids is 1. The predicted octanol–water partition coefficient (Wildman–Crippen LogP) is 6.08. The van der Waals surface area contributed by atoms with Crippen molar-refractivity contribution in [2.45, 2.75) is 26.2 Å². The molecule has 0 saturated heterocycles. The quantitative estimate of drug-likeness (QED) is 0.564. The van der Waals surface area contributed by atoms with Gasteiger partial charge in [-0.3, -0.25) is 4.79 Å². The van der Waals surface area contributed by atoms with Crippen LogP contribution in [-0.2, 0) is 4.79 Å². The van der Waals surface area contributed by atoms with Crippen molar-refractivity contribution in [3.63, 3.8) is 0 Å². The zero-order chi connectivity index (χ0) is 18.2. The number of halogens is 3. The smallest absolute Gasteiger partial charge is 0.178 e. The molecule has 132 valence electrons. The number of hydrogen-bond acceptors (Lipinski definition) is 3. The molecule has 1 N–H and O–H groups in total. The monoisotopic (exact) mass is 380 g/mol. The largest absolute Gasteiger partial charge is 0.379 e. The maximum atomic E-state index is 14.0. The van der Waals surface area contributed by atoms with Gasteiger partial charge < -0.3 is 5.32 Å². The molecule has 0 aliphatic rings. The minimum absolute atomic E-state index is 0.0946. The van der Waals surface area contributed by atoms with Crippen LogP contribution in [0.1, 0.15) is 26.2 Å². The van der Waals surface area contributed by atoms with Gasteiger partial charge in [0.15, 0.2) is 5.78 Å². The Kier molecular flexibility index (Phi) is 7.41. The highest BCUT2D eigenvalue weighted by molar-refractivity contribution is 6.41. The molecule has 2 aromatic carbocycles. The summed E-state index contributed by atoms with van der Waals surface area (Å²) in [5.74, 6) is -0.665. The van der Waals surface area contributed by atoms with Crippen LogP contribution >= 0.6 is 23.2 Å². The van der Waals surface area contributed by atoms with E-state index < -0.39 is 5.82 Å². The van der Waals surface area contributed by atoms with Gasteiger partial charge in [0.1, 0.15) is 11.5 Å². The van der Waals surface area contributed by atoms with Gasteiger partial charge in [0.25, 0.3) is 0 Å². The molecule has 0 spiro atoms. The van der Waals surface area contributed by atoms with Crippen LogP contribution in [0.5, 0.6) is 0 Å². The summed E-state index contributed by atoms with van der Waals surface area (Å²) in [6.07, 6.45) is 2.04. The van der Waals surface area contributed by atoms with Gasteiger partial charge in [-0.1, -0.05) is 42.6 Å². The highest BCUT2D eigenvalue weighted by Crippen LogP contribution is 2.22. The molecule has 3 nitrogen and oxygen atoms in total. The van der Waals surface area contributed by atoms with Gasteiger partial charge >= 0.3 is 0 Å². The van der Waals surface area contributed by atoms with Crippen LogP contribution in [-0.4, -0.2) is 18.0 Å². The number of carbonyl (C=O) groups is 1. The van der Waals surface area contributed by atoms with Crippen LogP contribution in [0.15, 0.2) is 47.5 Å². The molecule has 0 unspecified atom stereocenters. The lowest BCUT2D eigenvalue weighted by Gasteiger charge is -2.10. The summed E-state index contributed by atoms with van der Waals surface area (Å²) in [7, 11) is 0. The lowest BCUT2D eigenvalue weighted by Crippen LogP contribution is -2.23. The Morgan fingerprint density at radius 2 is 1.92 bits per heavy atom. The Hall–Kier alpha value is -1.91. The van der Waals surface area contributed by atoms with E-state index in [-0.39, 0.29) is 28.7 Å². The maximum absolute atomic E-state index is 14.0. The van der Waals surface area contributed by atoms with Crippen molar-refractivity contribution < 1.29 is 9.18 Å². The van der Waals surface area contributed by atoms with E-state index in [0.717, 1.165) is 18.5 Å². The summed E-state index contributed by atoms with van der Waals surface area (Å²) in [4.78, 5) is 16.7. The number of unbranched alkanes of at least 4 members (excludes halogenated alkanes) is 1. The highest BCUT2D eigenvalue weighted by Gasteiger charge is 2.13. The Morgan fingerprint density at radius 3 is 2.60 bits per heavy atom. The third kappa shape index (κ3) is 6.15. The first-order valence-corrected chi connectivity index (χ1v) is 8.80. The van der Waals surface area contributed by atoms with E-state index in [2.05, 4.69) is 10.3 Å². The van der Waals surface area contributed by atoms with Crippen molar-refractivity contribution in [2.24, 2.45) is 4.99 Å². The summed E-state index contributed by atoms with van der Waals surface area (Å²) in [5.41, 5.74) is 1.13. The minimum Gasteiger partial charge on any atom is -0.379 e. The molecule has 25 heavy (non-hydrogen) atoms. The summed E-state index contributed by atoms with van der Waals surface area (Å²) in [5, 5.41) is 3.98. The van der Waals surface area contributed by atoms with E-state index in [0.29, 0.717) is 11.4 Å². The first-order chi connectivity index (χ1) is 12.0. The third-order valence-corrected chi connectivity index (χ3v) is 4.00. The van der Waals surface area contributed by atoms with Gasteiger partial charge in [0.2, 0.25) is 0 Å². The molecule has 0 heterocycles. The maximum Gasteiger partial charge on any atom is 0.178 e. The molecule has 0 aliphatic heterocycles.